The molecule has 0 radical (unpaired) electrons. The molecule has 0 fully saturated rings. The molecule has 2 aromatic rings. The third-order valence-corrected chi connectivity index (χ3v) is 5.07. The Hall–Kier alpha value is -2.41. The lowest BCUT2D eigenvalue weighted by atomic mass is 9.95. The van der Waals surface area contributed by atoms with Crippen molar-refractivity contribution in [2.75, 3.05) is 19.0 Å². The van der Waals surface area contributed by atoms with Gasteiger partial charge in [-0.3, -0.25) is 4.79 Å². The zero-order chi connectivity index (χ0) is 18.5. The van der Waals surface area contributed by atoms with Crippen LogP contribution in [-0.4, -0.2) is 24.9 Å². The number of thioether (sulfide) groups is 1. The lowest BCUT2D eigenvalue weighted by molar-refractivity contribution is -0.645. The molecule has 1 aliphatic rings. The van der Waals surface area contributed by atoms with Crippen molar-refractivity contribution in [3.8, 4) is 11.5 Å². The van der Waals surface area contributed by atoms with Crippen molar-refractivity contribution in [2.45, 2.75) is 24.9 Å². The summed E-state index contributed by atoms with van der Waals surface area (Å²) < 4.78 is 12.0. The molecule has 1 aromatic carbocycles. The van der Waals surface area contributed by atoms with Crippen LogP contribution in [0.2, 0.25) is 0 Å². The van der Waals surface area contributed by atoms with Gasteiger partial charge in [-0.05, 0) is 41.4 Å². The number of benzene rings is 1. The van der Waals surface area contributed by atoms with E-state index in [1.54, 1.807) is 18.2 Å². The zero-order valence-electron chi connectivity index (χ0n) is 14.8. The van der Waals surface area contributed by atoms with E-state index in [1.807, 2.05) is 18.2 Å². The number of nitrogens with zero attached hydrogens (tertiary/aromatic N) is 1. The third-order valence-electron chi connectivity index (χ3n) is 4.05. The molecule has 1 aromatic heterocycles. The predicted molar refractivity (Wildman–Crippen MR) is 99.3 cm³/mol. The van der Waals surface area contributed by atoms with E-state index in [0.29, 0.717) is 24.0 Å². The predicted octanol–water partition coefficient (Wildman–Crippen LogP) is 2.70. The molecule has 138 valence electrons. The summed E-state index contributed by atoms with van der Waals surface area (Å²) in [4.78, 5) is 12.4. The summed E-state index contributed by atoms with van der Waals surface area (Å²) in [5.74, 6) is 1.70. The third kappa shape index (κ3) is 4.40. The van der Waals surface area contributed by atoms with Crippen molar-refractivity contribution < 1.29 is 19.0 Å². The van der Waals surface area contributed by atoms with Gasteiger partial charge in [0.1, 0.15) is 13.2 Å². The number of nitrogens with one attached hydrogen (secondary N) is 1. The molecule has 1 N–H and O–H groups in total. The number of hydrogen-bond acceptors (Lipinski definition) is 5. The van der Waals surface area contributed by atoms with Crippen LogP contribution in [0.1, 0.15) is 25.5 Å². The second-order valence-corrected chi connectivity index (χ2v) is 7.34. The molecule has 0 aliphatic carbocycles. The maximum absolute atomic E-state index is 12.4. The number of hydrogen-bond donors (Lipinski definition) is 1. The Morgan fingerprint density at radius 1 is 1.23 bits per heavy atom. The first kappa shape index (κ1) is 18.4. The smallest absolute Gasteiger partial charge is 0.251 e. The summed E-state index contributed by atoms with van der Waals surface area (Å²) in [5, 5.41) is 15.2. The fourth-order valence-electron chi connectivity index (χ4n) is 2.77. The van der Waals surface area contributed by atoms with Crippen LogP contribution >= 0.6 is 11.8 Å². The molecular weight excluding hydrogens is 352 g/mol. The van der Waals surface area contributed by atoms with Crippen LogP contribution in [0.5, 0.6) is 11.5 Å². The first-order valence-corrected chi connectivity index (χ1v) is 9.53. The Morgan fingerprint density at radius 2 is 2.00 bits per heavy atom. The number of carbonyl (C=O) groups is 1. The molecule has 0 spiro atoms. The molecule has 6 nitrogen and oxygen atoms in total. The highest BCUT2D eigenvalue weighted by atomic mass is 32.2. The first-order valence-electron chi connectivity index (χ1n) is 8.54. The fourth-order valence-corrected chi connectivity index (χ4v) is 3.49. The van der Waals surface area contributed by atoms with E-state index < -0.39 is 0 Å². The average Bonchev–Trinajstić information content (AvgIpc) is 2.65. The van der Waals surface area contributed by atoms with Crippen LogP contribution in [0, 0.1) is 11.1 Å². The molecule has 1 atom stereocenters. The van der Waals surface area contributed by atoms with Gasteiger partial charge in [0.25, 0.3) is 5.03 Å². The van der Waals surface area contributed by atoms with Gasteiger partial charge in [-0.25, -0.2) is 0 Å². The van der Waals surface area contributed by atoms with Crippen molar-refractivity contribution in [3.05, 3.63) is 53.4 Å². The standard InChI is InChI=1S/C19H22N2O4S/c1-13(2)19(14-6-7-15-16(11-14)25-10-9-24-15)20-17(22)12-26-18-5-3-4-8-21(18)23/h3-8,11,13,19H,9-10,12H2,1-2H3,(H,20,22). The number of aromatic nitrogens is 1. The zero-order valence-corrected chi connectivity index (χ0v) is 15.6. The van der Waals surface area contributed by atoms with Gasteiger partial charge in [0, 0.05) is 12.1 Å². The van der Waals surface area contributed by atoms with Gasteiger partial charge in [-0.15, -0.1) is 0 Å². The molecule has 0 bridgehead atoms. The molecule has 0 saturated carbocycles. The Bertz CT molecular complexity index is 782. The molecule has 1 amide bonds. The highest BCUT2D eigenvalue weighted by Gasteiger charge is 2.22. The Labute approximate surface area is 157 Å². The monoisotopic (exact) mass is 374 g/mol. The first-order chi connectivity index (χ1) is 12.5. The Kier molecular flexibility index (Phi) is 5.88. The summed E-state index contributed by atoms with van der Waals surface area (Å²) in [6.07, 6.45) is 1.42. The maximum Gasteiger partial charge on any atom is 0.251 e. The lowest BCUT2D eigenvalue weighted by Gasteiger charge is -2.25. The van der Waals surface area contributed by atoms with E-state index >= 15 is 0 Å². The second-order valence-electron chi connectivity index (χ2n) is 6.35. The number of rotatable bonds is 6. The van der Waals surface area contributed by atoms with E-state index in [1.165, 1.54) is 18.0 Å². The highest BCUT2D eigenvalue weighted by molar-refractivity contribution is 7.99. The normalized spacial score (nSPS) is 14.1. The largest absolute Gasteiger partial charge is 0.618 e. The van der Waals surface area contributed by atoms with E-state index in [9.17, 15) is 10.0 Å². The topological polar surface area (TPSA) is 74.5 Å². The van der Waals surface area contributed by atoms with Gasteiger partial charge in [0.15, 0.2) is 17.7 Å². The van der Waals surface area contributed by atoms with Gasteiger partial charge >= 0.3 is 0 Å². The summed E-state index contributed by atoms with van der Waals surface area (Å²) in [5.41, 5.74) is 0.973. The summed E-state index contributed by atoms with van der Waals surface area (Å²) in [6.45, 7) is 5.18. The van der Waals surface area contributed by atoms with E-state index in [2.05, 4.69) is 19.2 Å². The second kappa shape index (κ2) is 8.31. The Morgan fingerprint density at radius 3 is 2.73 bits per heavy atom. The molecule has 0 saturated heterocycles. The minimum Gasteiger partial charge on any atom is -0.618 e. The fraction of sp³-hybridized carbons (Fsp3) is 0.368. The highest BCUT2D eigenvalue weighted by Crippen LogP contribution is 2.34. The summed E-state index contributed by atoms with van der Waals surface area (Å²) in [7, 11) is 0. The summed E-state index contributed by atoms with van der Waals surface area (Å²) in [6, 6.07) is 10.8. The minimum atomic E-state index is -0.144. The van der Waals surface area contributed by atoms with Crippen LogP contribution in [0.15, 0.2) is 47.6 Å². The average molecular weight is 374 g/mol. The molecule has 2 heterocycles. The number of carbonyl (C=O) groups excluding carboxylic acids is 1. The van der Waals surface area contributed by atoms with Crippen LogP contribution in [0.3, 0.4) is 0 Å². The van der Waals surface area contributed by atoms with Crippen LogP contribution in [0.25, 0.3) is 0 Å². The molecule has 7 heteroatoms. The van der Waals surface area contributed by atoms with E-state index in [4.69, 9.17) is 9.47 Å². The van der Waals surface area contributed by atoms with Crippen molar-refractivity contribution in [1.82, 2.24) is 5.32 Å². The molecule has 26 heavy (non-hydrogen) atoms. The van der Waals surface area contributed by atoms with Gasteiger partial charge in [-0.2, -0.15) is 4.73 Å². The number of ether oxygens (including phenoxy) is 2. The maximum atomic E-state index is 12.4. The van der Waals surface area contributed by atoms with Crippen LogP contribution in [0.4, 0.5) is 0 Å². The molecule has 3 rings (SSSR count). The van der Waals surface area contributed by atoms with Crippen molar-refractivity contribution in [2.24, 2.45) is 5.92 Å². The number of pyridine rings is 1. The van der Waals surface area contributed by atoms with Gasteiger partial charge in [-0.1, -0.05) is 19.9 Å². The van der Waals surface area contributed by atoms with Crippen LogP contribution < -0.4 is 19.5 Å². The van der Waals surface area contributed by atoms with E-state index in [-0.39, 0.29) is 23.6 Å². The molecule has 1 aliphatic heterocycles. The van der Waals surface area contributed by atoms with Crippen LogP contribution in [-0.2, 0) is 4.79 Å². The van der Waals surface area contributed by atoms with E-state index in [0.717, 1.165) is 16.0 Å². The summed E-state index contributed by atoms with van der Waals surface area (Å²) >= 11 is 1.22. The van der Waals surface area contributed by atoms with Crippen molar-refractivity contribution in [3.63, 3.8) is 0 Å². The van der Waals surface area contributed by atoms with Crippen molar-refractivity contribution in [1.29, 1.82) is 0 Å². The molecular formula is C19H22N2O4S. The number of amides is 1. The Balaban J connectivity index is 1.66. The van der Waals surface area contributed by atoms with Crippen molar-refractivity contribution >= 4 is 17.7 Å². The number of fused-ring (bicyclic) bond motifs is 1. The quantitative estimate of drug-likeness (QED) is 0.478. The minimum absolute atomic E-state index is 0.118. The van der Waals surface area contributed by atoms with Gasteiger partial charge < -0.3 is 20.0 Å². The van der Waals surface area contributed by atoms with Gasteiger partial charge in [0.05, 0.1) is 11.8 Å². The SMILES string of the molecule is CC(C)C(NC(=O)CSc1cccc[n+]1[O-])c1ccc2c(c1)OCCO2. The molecule has 1 unspecified atom stereocenters. The lowest BCUT2D eigenvalue weighted by Crippen LogP contribution is -2.34. The van der Waals surface area contributed by atoms with Gasteiger partial charge in [0.2, 0.25) is 5.91 Å².